The predicted molar refractivity (Wildman–Crippen MR) is 92.1 cm³/mol. The van der Waals surface area contributed by atoms with Crippen LogP contribution in [0, 0.1) is 33.8 Å². The van der Waals surface area contributed by atoms with Gasteiger partial charge in [0.2, 0.25) is 11.8 Å². The molecule has 0 aromatic heterocycles. The summed E-state index contributed by atoms with van der Waals surface area (Å²) in [5, 5.41) is 11.5. The largest absolute Gasteiger partial charge is 0.294 e. The highest BCUT2D eigenvalue weighted by molar-refractivity contribution is 6.31. The molecule has 1 aliphatic heterocycles. The first-order chi connectivity index (χ1) is 11.8. The number of halogens is 1. The predicted octanol–water partition coefficient (Wildman–Crippen LogP) is 3.51. The standard InChI is InChI=1S/C18H15ClN2O4/c1-8(2)14-10-4-5-11(14)16-15(10)17(22)20(18(16)23)12-6-3-9(19)7-13(12)21(24)25/h3-7,10-11,15-16H,1-2H3. The summed E-state index contributed by atoms with van der Waals surface area (Å²) >= 11 is 5.84. The molecular formula is C18H15ClN2O4. The maximum absolute atomic E-state index is 13.0. The fraction of sp³-hybridized carbons (Fsp3) is 0.333. The quantitative estimate of drug-likeness (QED) is 0.350. The highest BCUT2D eigenvalue weighted by Gasteiger charge is 2.62. The molecule has 1 aromatic rings. The summed E-state index contributed by atoms with van der Waals surface area (Å²) < 4.78 is 0. The molecule has 3 aliphatic rings. The zero-order chi connectivity index (χ0) is 18.0. The number of benzene rings is 1. The number of nitro groups is 1. The molecule has 7 heteroatoms. The lowest BCUT2D eigenvalue weighted by Crippen LogP contribution is -2.33. The average molecular weight is 359 g/mol. The minimum absolute atomic E-state index is 0.00282. The Hall–Kier alpha value is -2.47. The van der Waals surface area contributed by atoms with Gasteiger partial charge in [0.05, 0.1) is 16.8 Å². The Labute approximate surface area is 148 Å². The minimum atomic E-state index is -0.621. The van der Waals surface area contributed by atoms with Crippen LogP contribution in [0.5, 0.6) is 0 Å². The van der Waals surface area contributed by atoms with Crippen molar-refractivity contribution < 1.29 is 14.5 Å². The van der Waals surface area contributed by atoms with Gasteiger partial charge in [0.1, 0.15) is 5.69 Å². The minimum Gasteiger partial charge on any atom is -0.274 e. The number of hydrogen-bond acceptors (Lipinski definition) is 4. The van der Waals surface area contributed by atoms with Crippen LogP contribution in [0.2, 0.25) is 5.02 Å². The third-order valence-corrected chi connectivity index (χ3v) is 5.60. The number of hydrogen-bond donors (Lipinski definition) is 0. The molecule has 1 aromatic carbocycles. The third-order valence-electron chi connectivity index (χ3n) is 5.37. The zero-order valence-electron chi connectivity index (χ0n) is 13.6. The van der Waals surface area contributed by atoms with Crippen LogP contribution in [0.3, 0.4) is 0 Å². The van der Waals surface area contributed by atoms with E-state index in [1.54, 1.807) is 0 Å². The molecule has 1 saturated carbocycles. The normalized spacial score (nSPS) is 29.6. The lowest BCUT2D eigenvalue weighted by molar-refractivity contribution is -0.384. The summed E-state index contributed by atoms with van der Waals surface area (Å²) in [6, 6.07) is 3.99. The summed E-state index contributed by atoms with van der Waals surface area (Å²) in [5.41, 5.74) is 1.93. The number of imide groups is 1. The number of nitrogens with zero attached hydrogens (tertiary/aromatic N) is 2. The number of rotatable bonds is 2. The Balaban J connectivity index is 1.81. The van der Waals surface area contributed by atoms with E-state index in [0.717, 1.165) is 16.0 Å². The van der Waals surface area contributed by atoms with Gasteiger partial charge in [0.15, 0.2) is 0 Å². The lowest BCUT2D eigenvalue weighted by Gasteiger charge is -2.19. The van der Waals surface area contributed by atoms with Crippen LogP contribution < -0.4 is 4.90 Å². The van der Waals surface area contributed by atoms with E-state index in [1.807, 2.05) is 26.0 Å². The lowest BCUT2D eigenvalue weighted by atomic mass is 9.85. The number of allylic oxidation sites excluding steroid dienone is 4. The topological polar surface area (TPSA) is 80.5 Å². The molecule has 2 aliphatic carbocycles. The first kappa shape index (κ1) is 16.0. The summed E-state index contributed by atoms with van der Waals surface area (Å²) in [7, 11) is 0. The van der Waals surface area contributed by atoms with Gasteiger partial charge in [-0.05, 0) is 26.0 Å². The first-order valence-electron chi connectivity index (χ1n) is 8.00. The molecule has 25 heavy (non-hydrogen) atoms. The van der Waals surface area contributed by atoms with Gasteiger partial charge in [0.25, 0.3) is 5.69 Å². The van der Waals surface area contributed by atoms with Gasteiger partial charge < -0.3 is 0 Å². The third kappa shape index (κ3) is 2.03. The van der Waals surface area contributed by atoms with Crippen molar-refractivity contribution in [3.63, 3.8) is 0 Å². The molecule has 6 nitrogen and oxygen atoms in total. The van der Waals surface area contributed by atoms with E-state index in [0.29, 0.717) is 0 Å². The number of carbonyl (C=O) groups excluding carboxylic acids is 2. The van der Waals surface area contributed by atoms with E-state index in [9.17, 15) is 19.7 Å². The van der Waals surface area contributed by atoms with E-state index < -0.39 is 16.8 Å². The molecule has 4 rings (SSSR count). The number of carbonyl (C=O) groups is 2. The second-order valence-corrected chi connectivity index (χ2v) is 7.28. The highest BCUT2D eigenvalue weighted by Crippen LogP contribution is 2.57. The van der Waals surface area contributed by atoms with Crippen molar-refractivity contribution in [1.29, 1.82) is 0 Å². The van der Waals surface area contributed by atoms with Crippen molar-refractivity contribution in [2.45, 2.75) is 13.8 Å². The van der Waals surface area contributed by atoms with Crippen LogP contribution in [-0.2, 0) is 9.59 Å². The van der Waals surface area contributed by atoms with Gasteiger partial charge in [-0.25, -0.2) is 4.90 Å². The van der Waals surface area contributed by atoms with Crippen molar-refractivity contribution in [3.05, 3.63) is 56.6 Å². The van der Waals surface area contributed by atoms with Crippen molar-refractivity contribution in [2.75, 3.05) is 4.90 Å². The number of amides is 2. The van der Waals surface area contributed by atoms with E-state index in [2.05, 4.69) is 0 Å². The Kier molecular flexibility index (Phi) is 3.37. The van der Waals surface area contributed by atoms with E-state index in [4.69, 9.17) is 11.6 Å². The molecule has 128 valence electrons. The molecule has 2 bridgehead atoms. The summed E-state index contributed by atoms with van der Waals surface area (Å²) in [5.74, 6) is -1.85. The molecule has 0 spiro atoms. The van der Waals surface area contributed by atoms with Gasteiger partial charge in [-0.1, -0.05) is 34.9 Å². The monoisotopic (exact) mass is 358 g/mol. The average Bonchev–Trinajstić information content (AvgIpc) is 3.18. The fourth-order valence-electron chi connectivity index (χ4n) is 4.50. The molecule has 1 heterocycles. The summed E-state index contributed by atoms with van der Waals surface area (Å²) in [6.07, 6.45) is 3.97. The number of nitro benzene ring substituents is 1. The maximum atomic E-state index is 13.0. The Morgan fingerprint density at radius 1 is 1.12 bits per heavy atom. The van der Waals surface area contributed by atoms with Crippen LogP contribution in [-0.4, -0.2) is 16.7 Å². The molecule has 0 N–H and O–H groups in total. The molecule has 1 saturated heterocycles. The highest BCUT2D eigenvalue weighted by atomic mass is 35.5. The number of fused-ring (bicyclic) bond motifs is 5. The fourth-order valence-corrected chi connectivity index (χ4v) is 4.67. The molecule has 2 amide bonds. The summed E-state index contributed by atoms with van der Waals surface area (Å²) in [6.45, 7) is 3.97. The SMILES string of the molecule is CC(C)=C1C2C=CC1C1C(=O)N(c3ccc(Cl)cc3[N+](=O)[O-])C(=O)C21. The molecular weight excluding hydrogens is 344 g/mol. The van der Waals surface area contributed by atoms with Gasteiger partial charge in [-0.15, -0.1) is 0 Å². The summed E-state index contributed by atoms with van der Waals surface area (Å²) in [4.78, 5) is 37.7. The molecule has 2 fully saturated rings. The Bertz CT molecular complexity index is 866. The molecule has 0 radical (unpaired) electrons. The zero-order valence-corrected chi connectivity index (χ0v) is 14.4. The van der Waals surface area contributed by atoms with E-state index in [1.165, 1.54) is 18.2 Å². The first-order valence-corrected chi connectivity index (χ1v) is 8.38. The van der Waals surface area contributed by atoms with Gasteiger partial charge in [-0.3, -0.25) is 19.7 Å². The molecule has 4 atom stereocenters. The molecule has 4 unspecified atom stereocenters. The smallest absolute Gasteiger partial charge is 0.274 e. The van der Waals surface area contributed by atoms with E-state index >= 15 is 0 Å². The van der Waals surface area contributed by atoms with Crippen molar-refractivity contribution >= 4 is 34.8 Å². The van der Waals surface area contributed by atoms with Crippen LogP contribution in [0.1, 0.15) is 13.8 Å². The van der Waals surface area contributed by atoms with Gasteiger partial charge in [0, 0.05) is 22.9 Å². The van der Waals surface area contributed by atoms with Crippen LogP contribution in [0.15, 0.2) is 41.5 Å². The second kappa shape index (κ2) is 5.26. The maximum Gasteiger partial charge on any atom is 0.294 e. The van der Waals surface area contributed by atoms with Crippen LogP contribution >= 0.6 is 11.6 Å². The van der Waals surface area contributed by atoms with E-state index in [-0.39, 0.29) is 40.0 Å². The second-order valence-electron chi connectivity index (χ2n) is 6.85. The Morgan fingerprint density at radius 3 is 2.16 bits per heavy atom. The van der Waals surface area contributed by atoms with Gasteiger partial charge in [-0.2, -0.15) is 0 Å². The van der Waals surface area contributed by atoms with Crippen LogP contribution in [0.25, 0.3) is 0 Å². The van der Waals surface area contributed by atoms with Crippen molar-refractivity contribution in [3.8, 4) is 0 Å². The Morgan fingerprint density at radius 2 is 1.68 bits per heavy atom. The van der Waals surface area contributed by atoms with Gasteiger partial charge >= 0.3 is 0 Å². The van der Waals surface area contributed by atoms with Crippen molar-refractivity contribution in [2.24, 2.45) is 23.7 Å². The van der Waals surface area contributed by atoms with Crippen molar-refractivity contribution in [1.82, 2.24) is 0 Å². The number of anilines is 1. The van der Waals surface area contributed by atoms with Crippen LogP contribution in [0.4, 0.5) is 11.4 Å².